The molecule has 224 valence electrons. The molecule has 0 radical (unpaired) electrons. The molecule has 2 aromatic carbocycles. The van der Waals surface area contributed by atoms with E-state index in [0.717, 1.165) is 0 Å². The van der Waals surface area contributed by atoms with Crippen LogP contribution >= 0.6 is 11.8 Å². The number of hydrogen-bond acceptors (Lipinski definition) is 9. The third-order valence-corrected chi connectivity index (χ3v) is 7.14. The van der Waals surface area contributed by atoms with E-state index in [9.17, 15) is 9.59 Å². The molecule has 0 aromatic heterocycles. The fourth-order valence-electron chi connectivity index (χ4n) is 4.09. The summed E-state index contributed by atoms with van der Waals surface area (Å²) in [6.45, 7) is 26.9. The highest BCUT2D eigenvalue weighted by Crippen LogP contribution is 2.56. The molecule has 0 aliphatic rings. The third-order valence-electron chi connectivity index (χ3n) is 5.99. The van der Waals surface area contributed by atoms with Crippen LogP contribution in [0.25, 0.3) is 0 Å². The van der Waals surface area contributed by atoms with Crippen molar-refractivity contribution < 1.29 is 38.0 Å². The molecule has 0 saturated heterocycles. The normalized spacial score (nSPS) is 10.6. The van der Waals surface area contributed by atoms with Crippen LogP contribution in [0.2, 0.25) is 0 Å². The van der Waals surface area contributed by atoms with E-state index < -0.39 is 11.9 Å². The van der Waals surface area contributed by atoms with Crippen molar-refractivity contribution >= 4 is 23.7 Å². The zero-order valence-electron chi connectivity index (χ0n) is 25.9. The Balaban J connectivity index is 2.97. The molecule has 41 heavy (non-hydrogen) atoms. The van der Waals surface area contributed by atoms with Crippen LogP contribution in [0.5, 0.6) is 34.5 Å². The number of carbonyl (C=O) groups is 2. The van der Waals surface area contributed by atoms with Crippen molar-refractivity contribution in [2.45, 2.75) is 79.0 Å². The summed E-state index contributed by atoms with van der Waals surface area (Å²) in [4.78, 5) is 26.4. The van der Waals surface area contributed by atoms with Gasteiger partial charge in [-0.15, -0.1) is 0 Å². The van der Waals surface area contributed by atoms with E-state index in [1.165, 1.54) is 11.8 Å². The van der Waals surface area contributed by atoms with Crippen molar-refractivity contribution in [3.8, 4) is 34.5 Å². The molecule has 0 unspecified atom stereocenters. The number of rotatable bonds is 14. The average molecular weight is 587 g/mol. The lowest BCUT2D eigenvalue weighted by Gasteiger charge is -2.25. The van der Waals surface area contributed by atoms with Crippen LogP contribution in [-0.4, -0.2) is 38.4 Å². The second kappa shape index (κ2) is 14.9. The van der Waals surface area contributed by atoms with Crippen LogP contribution < -0.4 is 28.4 Å². The predicted molar refractivity (Wildman–Crippen MR) is 162 cm³/mol. The first-order valence-electron chi connectivity index (χ1n) is 13.6. The maximum absolute atomic E-state index is 12.5. The summed E-state index contributed by atoms with van der Waals surface area (Å²) in [6.07, 6.45) is 0. The molecule has 2 rings (SSSR count). The van der Waals surface area contributed by atoms with Gasteiger partial charge >= 0.3 is 11.9 Å². The molecular weight excluding hydrogens is 544 g/mol. The second-order valence-electron chi connectivity index (χ2n) is 9.31. The highest BCUT2D eigenvalue weighted by Gasteiger charge is 2.31. The number of hydrogen-bond donors (Lipinski definition) is 0. The van der Waals surface area contributed by atoms with Gasteiger partial charge in [0.25, 0.3) is 0 Å². The summed E-state index contributed by atoms with van der Waals surface area (Å²) in [7, 11) is 0. The van der Waals surface area contributed by atoms with Gasteiger partial charge in [0.1, 0.15) is 34.5 Å². The largest absolute Gasteiger partial charge is 0.492 e. The molecule has 2 aromatic rings. The lowest BCUT2D eigenvalue weighted by molar-refractivity contribution is -0.131. The van der Waals surface area contributed by atoms with Gasteiger partial charge in [-0.1, -0.05) is 24.9 Å². The first-order valence-corrected chi connectivity index (χ1v) is 14.5. The molecule has 0 saturated carbocycles. The van der Waals surface area contributed by atoms with E-state index in [4.69, 9.17) is 28.4 Å². The van der Waals surface area contributed by atoms with Crippen LogP contribution in [0.15, 0.2) is 34.1 Å². The van der Waals surface area contributed by atoms with E-state index in [1.54, 1.807) is 13.8 Å². The summed E-state index contributed by atoms with van der Waals surface area (Å²) < 4.78 is 36.1. The monoisotopic (exact) mass is 586 g/mol. The standard InChI is InChI=1S/C32H42O8S/c1-13-35-25-19(9)23(39-31(33)17(5)6)20(10)26(36-14-2)29(25)41-30-27(37-15-3)21(11)24(40-32(34)18(7)8)22(12)28(30)38-16-4/h5,7,13-16H2,1-4,6,8-12H3. The first kappa shape index (κ1) is 33.6. The van der Waals surface area contributed by atoms with Crippen molar-refractivity contribution in [1.82, 2.24) is 0 Å². The summed E-state index contributed by atoms with van der Waals surface area (Å²) in [5, 5.41) is 0. The van der Waals surface area contributed by atoms with Crippen LogP contribution in [0.3, 0.4) is 0 Å². The number of carbonyl (C=O) groups excluding carboxylic acids is 2. The van der Waals surface area contributed by atoms with Crippen molar-refractivity contribution in [2.24, 2.45) is 0 Å². The molecule has 0 amide bonds. The molecule has 9 heteroatoms. The van der Waals surface area contributed by atoms with Gasteiger partial charge in [0.15, 0.2) is 0 Å². The van der Waals surface area contributed by atoms with Gasteiger partial charge in [-0.2, -0.15) is 0 Å². The lowest BCUT2D eigenvalue weighted by Crippen LogP contribution is -2.13. The zero-order valence-corrected chi connectivity index (χ0v) is 26.7. The third kappa shape index (κ3) is 7.38. The van der Waals surface area contributed by atoms with Gasteiger partial charge in [0.05, 0.1) is 36.2 Å². The Kier molecular flexibility index (Phi) is 12.2. The number of benzene rings is 2. The second-order valence-corrected chi connectivity index (χ2v) is 10.3. The fourth-order valence-corrected chi connectivity index (χ4v) is 5.51. The predicted octanol–water partition coefficient (Wildman–Crippen LogP) is 7.63. The smallest absolute Gasteiger partial charge is 0.338 e. The molecule has 0 aliphatic heterocycles. The average Bonchev–Trinajstić information content (AvgIpc) is 2.92. The quantitative estimate of drug-likeness (QED) is 0.126. The topological polar surface area (TPSA) is 89.5 Å². The van der Waals surface area contributed by atoms with Gasteiger partial charge in [-0.3, -0.25) is 0 Å². The van der Waals surface area contributed by atoms with Crippen molar-refractivity contribution in [3.05, 3.63) is 46.6 Å². The first-order chi connectivity index (χ1) is 19.4. The van der Waals surface area contributed by atoms with Crippen molar-refractivity contribution in [2.75, 3.05) is 26.4 Å². The summed E-state index contributed by atoms with van der Waals surface area (Å²) >= 11 is 1.36. The molecule has 0 heterocycles. The Labute approximate surface area is 248 Å². The highest BCUT2D eigenvalue weighted by atomic mass is 32.2. The van der Waals surface area contributed by atoms with Crippen LogP contribution in [0.4, 0.5) is 0 Å². The minimum absolute atomic E-state index is 0.277. The van der Waals surface area contributed by atoms with Crippen LogP contribution in [-0.2, 0) is 9.59 Å². The van der Waals surface area contributed by atoms with E-state index >= 15 is 0 Å². The van der Waals surface area contributed by atoms with Crippen LogP contribution in [0, 0.1) is 27.7 Å². The summed E-state index contributed by atoms with van der Waals surface area (Å²) in [5.74, 6) is 1.68. The maximum Gasteiger partial charge on any atom is 0.338 e. The lowest BCUT2D eigenvalue weighted by atomic mass is 10.1. The van der Waals surface area contributed by atoms with E-state index in [-0.39, 0.29) is 11.1 Å². The van der Waals surface area contributed by atoms with Gasteiger partial charge in [0.2, 0.25) is 0 Å². The van der Waals surface area contributed by atoms with E-state index in [1.807, 2.05) is 55.4 Å². The Morgan fingerprint density at radius 3 is 0.976 bits per heavy atom. The van der Waals surface area contributed by atoms with Crippen molar-refractivity contribution in [3.63, 3.8) is 0 Å². The van der Waals surface area contributed by atoms with Gasteiger partial charge < -0.3 is 28.4 Å². The van der Waals surface area contributed by atoms with Crippen LogP contribution in [0.1, 0.15) is 63.8 Å². The van der Waals surface area contributed by atoms with E-state index in [0.29, 0.717) is 93.0 Å². The Bertz CT molecular complexity index is 1170. The zero-order chi connectivity index (χ0) is 31.0. The van der Waals surface area contributed by atoms with Gasteiger partial charge in [-0.05, 0) is 69.2 Å². The van der Waals surface area contributed by atoms with Crippen molar-refractivity contribution in [1.29, 1.82) is 0 Å². The molecule has 0 spiro atoms. The molecule has 0 aliphatic carbocycles. The van der Waals surface area contributed by atoms with E-state index in [2.05, 4.69) is 13.2 Å². The summed E-state index contributed by atoms with van der Waals surface area (Å²) in [6, 6.07) is 0. The molecule has 0 bridgehead atoms. The Morgan fingerprint density at radius 2 is 0.780 bits per heavy atom. The molecule has 0 N–H and O–H groups in total. The fraction of sp³-hybridized carbons (Fsp3) is 0.438. The molecule has 0 atom stereocenters. The Hall–Kier alpha value is -3.59. The minimum atomic E-state index is -0.537. The highest BCUT2D eigenvalue weighted by molar-refractivity contribution is 7.99. The maximum atomic E-state index is 12.5. The number of esters is 2. The minimum Gasteiger partial charge on any atom is -0.492 e. The SMILES string of the molecule is C=C(C)C(=O)Oc1c(C)c(OCC)c(Sc2c(OCC)c(C)c(OC(=O)C(=C)C)c(C)c2OCC)c(OCC)c1C. The van der Waals surface area contributed by atoms with Gasteiger partial charge in [-0.25, -0.2) is 9.59 Å². The molecule has 0 fully saturated rings. The van der Waals surface area contributed by atoms with Gasteiger partial charge in [0, 0.05) is 33.4 Å². The molecule has 8 nitrogen and oxygen atoms in total. The number of ether oxygens (including phenoxy) is 6. The molecular formula is C32H42O8S. The Morgan fingerprint density at radius 1 is 0.537 bits per heavy atom. The summed E-state index contributed by atoms with van der Waals surface area (Å²) in [5.41, 5.74) is 3.11.